The Morgan fingerprint density at radius 2 is 1.85 bits per heavy atom. The Labute approximate surface area is 165 Å². The summed E-state index contributed by atoms with van der Waals surface area (Å²) in [6, 6.07) is 5.71. The van der Waals surface area contributed by atoms with Crippen molar-refractivity contribution in [1.82, 2.24) is 9.97 Å². The number of benzene rings is 1. The first-order valence-electron chi connectivity index (χ1n) is 8.75. The molecule has 4 rings (SSSR count). The zero-order valence-corrected chi connectivity index (χ0v) is 17.6. The van der Waals surface area contributed by atoms with E-state index in [9.17, 15) is 4.79 Å². The first-order chi connectivity index (χ1) is 12.8. The van der Waals surface area contributed by atoms with Crippen LogP contribution in [0, 0.1) is 34.6 Å². The average Bonchev–Trinajstić information content (AvgIpc) is 2.90. The monoisotopic (exact) mass is 396 g/mol. The molecular weight excluding hydrogens is 376 g/mol. The zero-order chi connectivity index (χ0) is 19.3. The molecule has 3 aromatic heterocycles. The van der Waals surface area contributed by atoms with Crippen LogP contribution in [0.3, 0.4) is 0 Å². The predicted octanol–water partition coefficient (Wildman–Crippen LogP) is 5.63. The van der Waals surface area contributed by atoms with Crippen molar-refractivity contribution >= 4 is 44.3 Å². The minimum atomic E-state index is -0.307. The summed E-state index contributed by atoms with van der Waals surface area (Å²) in [5, 5.41) is 3.10. The van der Waals surface area contributed by atoms with Crippen molar-refractivity contribution in [2.45, 2.75) is 45.4 Å². The van der Waals surface area contributed by atoms with Crippen LogP contribution in [0.5, 0.6) is 0 Å². The molecule has 0 aliphatic rings. The predicted molar refractivity (Wildman–Crippen MR) is 113 cm³/mol. The van der Waals surface area contributed by atoms with E-state index in [1.165, 1.54) is 10.4 Å². The number of nitrogens with zero attached hydrogens (tertiary/aromatic N) is 2. The number of aromatic nitrogens is 2. The molecule has 0 fully saturated rings. The van der Waals surface area contributed by atoms with Gasteiger partial charge in [-0.2, -0.15) is 0 Å². The summed E-state index contributed by atoms with van der Waals surface area (Å²) < 4.78 is 5.49. The number of thioether (sulfide) groups is 1. The molecule has 4 nitrogen and oxygen atoms in total. The van der Waals surface area contributed by atoms with Gasteiger partial charge in [0.05, 0.1) is 0 Å². The fraction of sp³-hybridized carbons (Fsp3) is 0.286. The lowest BCUT2D eigenvalue weighted by molar-refractivity contribution is 0.557. The Morgan fingerprint density at radius 3 is 2.63 bits per heavy atom. The van der Waals surface area contributed by atoms with Crippen molar-refractivity contribution < 1.29 is 4.42 Å². The molecule has 1 aromatic carbocycles. The van der Waals surface area contributed by atoms with E-state index in [1.54, 1.807) is 29.2 Å². The summed E-state index contributed by atoms with van der Waals surface area (Å²) in [5.41, 5.74) is 4.72. The molecule has 27 heavy (non-hydrogen) atoms. The van der Waals surface area contributed by atoms with Gasteiger partial charge in [0.2, 0.25) is 0 Å². The highest BCUT2D eigenvalue weighted by atomic mass is 32.2. The fourth-order valence-electron chi connectivity index (χ4n) is 3.21. The van der Waals surface area contributed by atoms with E-state index in [0.717, 1.165) is 43.1 Å². The summed E-state index contributed by atoms with van der Waals surface area (Å²) >= 11 is 3.36. The van der Waals surface area contributed by atoms with Gasteiger partial charge in [-0.25, -0.2) is 14.8 Å². The molecule has 3 heterocycles. The minimum absolute atomic E-state index is 0.307. The second kappa shape index (κ2) is 6.77. The lowest BCUT2D eigenvalue weighted by Crippen LogP contribution is -2.02. The van der Waals surface area contributed by atoms with Crippen LogP contribution < -0.4 is 5.63 Å². The summed E-state index contributed by atoms with van der Waals surface area (Å²) in [6.07, 6.45) is 0. The van der Waals surface area contributed by atoms with Crippen LogP contribution in [0.25, 0.3) is 21.2 Å². The number of fused-ring (bicyclic) bond motifs is 2. The second-order valence-electron chi connectivity index (χ2n) is 6.80. The molecule has 0 saturated heterocycles. The van der Waals surface area contributed by atoms with Gasteiger partial charge in [-0.1, -0.05) is 12.1 Å². The molecule has 6 heteroatoms. The first-order valence-corrected chi connectivity index (χ1v) is 10.6. The normalized spacial score (nSPS) is 11.6. The molecular formula is C21H20N2O2S2. The van der Waals surface area contributed by atoms with E-state index in [0.29, 0.717) is 11.3 Å². The molecule has 0 aliphatic carbocycles. The van der Waals surface area contributed by atoms with Gasteiger partial charge in [-0.3, -0.25) is 0 Å². The average molecular weight is 397 g/mol. The third-order valence-corrected chi connectivity index (χ3v) is 7.11. The lowest BCUT2D eigenvalue weighted by Gasteiger charge is -2.09. The number of rotatable bonds is 3. The Bertz CT molecular complexity index is 1250. The van der Waals surface area contributed by atoms with Crippen molar-refractivity contribution in [3.8, 4) is 0 Å². The summed E-state index contributed by atoms with van der Waals surface area (Å²) in [7, 11) is 0. The van der Waals surface area contributed by atoms with Crippen LogP contribution in [-0.4, -0.2) is 9.97 Å². The largest absolute Gasteiger partial charge is 0.422 e. The highest BCUT2D eigenvalue weighted by Crippen LogP contribution is 2.37. The molecule has 0 unspecified atom stereocenters. The summed E-state index contributed by atoms with van der Waals surface area (Å²) in [4.78, 5) is 23.7. The molecule has 0 spiro atoms. The molecule has 4 aromatic rings. The van der Waals surface area contributed by atoms with Gasteiger partial charge in [0.15, 0.2) is 0 Å². The maximum absolute atomic E-state index is 12.1. The minimum Gasteiger partial charge on any atom is -0.422 e. The standard InChI is InChI=1S/C21H20N2O2S2/c1-10-6-7-16-15(8-17(24)25-19(16)11(10)2)9-26-20-18-12(3)13(4)27-21(18)23-14(5)22-20/h6-8H,9H2,1-5H3. The number of thiophene rings is 1. The van der Waals surface area contributed by atoms with Crippen molar-refractivity contribution in [3.05, 3.63) is 61.6 Å². The molecule has 0 bridgehead atoms. The molecule has 0 saturated carbocycles. The lowest BCUT2D eigenvalue weighted by atomic mass is 10.0. The van der Waals surface area contributed by atoms with Crippen LogP contribution in [0.4, 0.5) is 0 Å². The summed E-state index contributed by atoms with van der Waals surface area (Å²) in [5.74, 6) is 1.43. The van der Waals surface area contributed by atoms with E-state index >= 15 is 0 Å². The second-order valence-corrected chi connectivity index (χ2v) is 8.97. The molecule has 0 atom stereocenters. The van der Waals surface area contributed by atoms with E-state index < -0.39 is 0 Å². The van der Waals surface area contributed by atoms with Crippen molar-refractivity contribution in [3.63, 3.8) is 0 Å². The topological polar surface area (TPSA) is 56.0 Å². The van der Waals surface area contributed by atoms with E-state index in [-0.39, 0.29) is 5.63 Å². The fourth-order valence-corrected chi connectivity index (χ4v) is 5.47. The van der Waals surface area contributed by atoms with Crippen molar-refractivity contribution in [1.29, 1.82) is 0 Å². The highest BCUT2D eigenvalue weighted by Gasteiger charge is 2.15. The van der Waals surface area contributed by atoms with Gasteiger partial charge in [-0.05, 0) is 56.9 Å². The SMILES string of the molecule is Cc1nc(SCc2cc(=O)oc3c(C)c(C)ccc23)c2c(C)c(C)sc2n1. The quantitative estimate of drug-likeness (QED) is 0.255. The van der Waals surface area contributed by atoms with E-state index in [4.69, 9.17) is 4.42 Å². The molecule has 138 valence electrons. The molecule has 0 aliphatic heterocycles. The van der Waals surface area contributed by atoms with Gasteiger partial charge in [0, 0.05) is 27.5 Å². The van der Waals surface area contributed by atoms with Crippen molar-refractivity contribution in [2.75, 3.05) is 0 Å². The van der Waals surface area contributed by atoms with Crippen LogP contribution in [0.2, 0.25) is 0 Å². The van der Waals surface area contributed by atoms with Gasteiger partial charge in [0.1, 0.15) is 21.3 Å². The zero-order valence-electron chi connectivity index (χ0n) is 16.0. The van der Waals surface area contributed by atoms with Crippen LogP contribution in [0.1, 0.15) is 33.0 Å². The first kappa shape index (κ1) is 18.2. The maximum Gasteiger partial charge on any atom is 0.336 e. The van der Waals surface area contributed by atoms with E-state index in [1.807, 2.05) is 26.8 Å². The molecule has 0 amide bonds. The van der Waals surface area contributed by atoms with Gasteiger partial charge in [-0.15, -0.1) is 23.1 Å². The Balaban J connectivity index is 1.80. The third-order valence-electron chi connectivity index (χ3n) is 4.99. The Hall–Kier alpha value is -2.18. The third kappa shape index (κ3) is 3.17. The Morgan fingerprint density at radius 1 is 1.07 bits per heavy atom. The Kier molecular flexibility index (Phi) is 4.56. The van der Waals surface area contributed by atoms with Crippen LogP contribution >= 0.6 is 23.1 Å². The van der Waals surface area contributed by atoms with Gasteiger partial charge >= 0.3 is 5.63 Å². The molecule has 0 radical (unpaired) electrons. The van der Waals surface area contributed by atoms with Gasteiger partial charge < -0.3 is 4.42 Å². The van der Waals surface area contributed by atoms with Crippen LogP contribution in [0.15, 0.2) is 32.4 Å². The molecule has 0 N–H and O–H groups in total. The number of aryl methyl sites for hydroxylation is 5. The van der Waals surface area contributed by atoms with Gasteiger partial charge in [0.25, 0.3) is 0 Å². The van der Waals surface area contributed by atoms with Crippen LogP contribution in [-0.2, 0) is 5.75 Å². The highest BCUT2D eigenvalue weighted by molar-refractivity contribution is 7.98. The summed E-state index contributed by atoms with van der Waals surface area (Å²) in [6.45, 7) is 10.2. The maximum atomic E-state index is 12.1. The van der Waals surface area contributed by atoms with Crippen molar-refractivity contribution in [2.24, 2.45) is 0 Å². The smallest absolute Gasteiger partial charge is 0.336 e. The number of hydrogen-bond donors (Lipinski definition) is 0. The number of hydrogen-bond acceptors (Lipinski definition) is 6. The van der Waals surface area contributed by atoms with E-state index in [2.05, 4.69) is 29.9 Å².